The number of ketones is 1. The molecule has 0 bridgehead atoms. The summed E-state index contributed by atoms with van der Waals surface area (Å²) in [4.78, 5) is 36.5. The molecule has 1 atom stereocenters. The summed E-state index contributed by atoms with van der Waals surface area (Å²) in [5.74, 6) is -1.80. The van der Waals surface area contributed by atoms with Crippen molar-refractivity contribution in [3.8, 4) is 0 Å². The molecular formula is C13H14N2O3. The van der Waals surface area contributed by atoms with E-state index in [0.29, 0.717) is 24.9 Å². The van der Waals surface area contributed by atoms with Gasteiger partial charge in [-0.3, -0.25) is 14.4 Å². The Hall–Kier alpha value is -2.17. The van der Waals surface area contributed by atoms with E-state index in [1.54, 1.807) is 30.3 Å². The first-order valence-corrected chi connectivity index (χ1v) is 5.81. The van der Waals surface area contributed by atoms with Crippen LogP contribution in [0.4, 0.5) is 0 Å². The van der Waals surface area contributed by atoms with Gasteiger partial charge in [0.1, 0.15) is 6.04 Å². The maximum atomic E-state index is 12.0. The standard InChI is InChI=1S/C13H14N2O3/c14-12(17)10-7-4-8-15(10)13(18)11(16)9-5-2-1-3-6-9/h1-3,5-6,10H,4,7-8H2,(H2,14,17). The Kier molecular flexibility index (Phi) is 3.41. The van der Waals surface area contributed by atoms with E-state index in [1.807, 2.05) is 0 Å². The van der Waals surface area contributed by atoms with Crippen molar-refractivity contribution in [2.75, 3.05) is 6.54 Å². The van der Waals surface area contributed by atoms with Crippen LogP contribution in [0.15, 0.2) is 30.3 Å². The zero-order valence-electron chi connectivity index (χ0n) is 9.83. The molecule has 1 heterocycles. The van der Waals surface area contributed by atoms with E-state index in [2.05, 4.69) is 0 Å². The minimum atomic E-state index is -0.650. The molecule has 0 aliphatic carbocycles. The number of likely N-dealkylation sites (tertiary alicyclic amines) is 1. The minimum Gasteiger partial charge on any atom is -0.368 e. The summed E-state index contributed by atoms with van der Waals surface area (Å²) in [6.07, 6.45) is 1.23. The average molecular weight is 246 g/mol. The van der Waals surface area contributed by atoms with Gasteiger partial charge >= 0.3 is 0 Å². The Morgan fingerprint density at radius 2 is 1.83 bits per heavy atom. The molecule has 2 N–H and O–H groups in total. The van der Waals surface area contributed by atoms with E-state index in [4.69, 9.17) is 5.73 Å². The SMILES string of the molecule is NC(=O)C1CCCN1C(=O)C(=O)c1ccccc1. The largest absolute Gasteiger partial charge is 0.368 e. The highest BCUT2D eigenvalue weighted by Crippen LogP contribution is 2.18. The van der Waals surface area contributed by atoms with Gasteiger partial charge in [-0.15, -0.1) is 0 Å². The Balaban J connectivity index is 2.17. The molecule has 2 amide bonds. The lowest BCUT2D eigenvalue weighted by Crippen LogP contribution is -2.46. The van der Waals surface area contributed by atoms with Crippen molar-refractivity contribution in [2.24, 2.45) is 5.73 Å². The third-order valence-electron chi connectivity index (χ3n) is 3.07. The molecule has 0 saturated carbocycles. The van der Waals surface area contributed by atoms with Gasteiger partial charge in [0.05, 0.1) is 0 Å². The van der Waals surface area contributed by atoms with Gasteiger partial charge in [0, 0.05) is 12.1 Å². The number of carbonyl (C=O) groups excluding carboxylic acids is 3. The molecule has 18 heavy (non-hydrogen) atoms. The van der Waals surface area contributed by atoms with Crippen LogP contribution in [-0.2, 0) is 9.59 Å². The Bertz CT molecular complexity index is 484. The van der Waals surface area contributed by atoms with Crippen LogP contribution in [0.25, 0.3) is 0 Å². The van der Waals surface area contributed by atoms with Crippen molar-refractivity contribution >= 4 is 17.6 Å². The third-order valence-corrected chi connectivity index (χ3v) is 3.07. The molecule has 0 spiro atoms. The highest BCUT2D eigenvalue weighted by atomic mass is 16.2. The lowest BCUT2D eigenvalue weighted by Gasteiger charge is -2.21. The minimum absolute atomic E-state index is 0.331. The van der Waals surface area contributed by atoms with Gasteiger partial charge in [-0.05, 0) is 12.8 Å². The van der Waals surface area contributed by atoms with E-state index < -0.39 is 23.6 Å². The zero-order valence-corrected chi connectivity index (χ0v) is 9.83. The number of hydrogen-bond donors (Lipinski definition) is 1. The summed E-state index contributed by atoms with van der Waals surface area (Å²) >= 11 is 0. The molecular weight excluding hydrogens is 232 g/mol. The maximum Gasteiger partial charge on any atom is 0.295 e. The van der Waals surface area contributed by atoms with Crippen molar-refractivity contribution in [1.29, 1.82) is 0 Å². The first-order valence-electron chi connectivity index (χ1n) is 5.81. The molecule has 1 aliphatic heterocycles. The number of nitrogens with zero attached hydrogens (tertiary/aromatic N) is 1. The van der Waals surface area contributed by atoms with Crippen LogP contribution >= 0.6 is 0 Å². The second-order valence-electron chi connectivity index (χ2n) is 4.25. The number of amides is 2. The molecule has 0 radical (unpaired) electrons. The normalized spacial score (nSPS) is 18.7. The number of benzene rings is 1. The lowest BCUT2D eigenvalue weighted by atomic mass is 10.1. The van der Waals surface area contributed by atoms with Gasteiger partial charge in [0.2, 0.25) is 11.7 Å². The number of rotatable bonds is 3. The van der Waals surface area contributed by atoms with Crippen molar-refractivity contribution in [3.63, 3.8) is 0 Å². The first kappa shape index (κ1) is 12.3. The Morgan fingerprint density at radius 3 is 2.44 bits per heavy atom. The van der Waals surface area contributed by atoms with Gasteiger partial charge in [-0.2, -0.15) is 0 Å². The predicted molar refractivity (Wildman–Crippen MR) is 64.7 cm³/mol. The van der Waals surface area contributed by atoms with Crippen LogP contribution in [0, 0.1) is 0 Å². The van der Waals surface area contributed by atoms with E-state index in [9.17, 15) is 14.4 Å². The zero-order chi connectivity index (χ0) is 13.1. The number of nitrogens with two attached hydrogens (primary N) is 1. The maximum absolute atomic E-state index is 12.0. The van der Waals surface area contributed by atoms with Gasteiger partial charge in [-0.25, -0.2) is 0 Å². The fraction of sp³-hybridized carbons (Fsp3) is 0.308. The number of hydrogen-bond acceptors (Lipinski definition) is 3. The fourth-order valence-corrected chi connectivity index (χ4v) is 2.15. The van der Waals surface area contributed by atoms with Gasteiger partial charge in [0.25, 0.3) is 5.91 Å². The smallest absolute Gasteiger partial charge is 0.295 e. The fourth-order valence-electron chi connectivity index (χ4n) is 2.15. The van der Waals surface area contributed by atoms with E-state index >= 15 is 0 Å². The van der Waals surface area contributed by atoms with Crippen molar-refractivity contribution in [3.05, 3.63) is 35.9 Å². The topological polar surface area (TPSA) is 80.5 Å². The first-order chi connectivity index (χ1) is 8.61. The van der Waals surface area contributed by atoms with Crippen molar-refractivity contribution in [2.45, 2.75) is 18.9 Å². The van der Waals surface area contributed by atoms with E-state index in [-0.39, 0.29) is 0 Å². The Morgan fingerprint density at radius 1 is 1.17 bits per heavy atom. The van der Waals surface area contributed by atoms with Gasteiger partial charge < -0.3 is 10.6 Å². The molecule has 1 unspecified atom stereocenters. The predicted octanol–water partition coefficient (Wildman–Crippen LogP) is 0.346. The quantitative estimate of drug-likeness (QED) is 0.617. The monoisotopic (exact) mass is 246 g/mol. The van der Waals surface area contributed by atoms with E-state index in [1.165, 1.54) is 4.90 Å². The molecule has 0 aromatic heterocycles. The third kappa shape index (κ3) is 2.25. The summed E-state index contributed by atoms with van der Waals surface area (Å²) in [6.45, 7) is 0.408. The lowest BCUT2D eigenvalue weighted by molar-refractivity contribution is -0.133. The summed E-state index contributed by atoms with van der Waals surface area (Å²) in [5, 5.41) is 0. The molecule has 1 aromatic carbocycles. The molecule has 1 aliphatic rings. The van der Waals surface area contributed by atoms with Crippen LogP contribution < -0.4 is 5.73 Å². The second-order valence-corrected chi connectivity index (χ2v) is 4.25. The number of primary amides is 1. The summed E-state index contributed by atoms with van der Waals surface area (Å²) < 4.78 is 0. The van der Waals surface area contributed by atoms with Crippen molar-refractivity contribution in [1.82, 2.24) is 4.90 Å². The number of Topliss-reactive ketones (excluding diaryl/α,β-unsaturated/α-hetero) is 1. The molecule has 2 rings (SSSR count). The molecule has 94 valence electrons. The molecule has 1 aromatic rings. The second kappa shape index (κ2) is 5.00. The molecule has 1 saturated heterocycles. The molecule has 1 fully saturated rings. The Labute approximate surface area is 105 Å². The van der Waals surface area contributed by atoms with E-state index in [0.717, 1.165) is 0 Å². The van der Waals surface area contributed by atoms with Crippen LogP contribution in [0.3, 0.4) is 0 Å². The van der Waals surface area contributed by atoms with Crippen LogP contribution in [0.1, 0.15) is 23.2 Å². The summed E-state index contributed by atoms with van der Waals surface area (Å²) in [5.41, 5.74) is 5.55. The van der Waals surface area contributed by atoms with Gasteiger partial charge in [0.15, 0.2) is 0 Å². The van der Waals surface area contributed by atoms with Crippen LogP contribution in [0.2, 0.25) is 0 Å². The van der Waals surface area contributed by atoms with Crippen LogP contribution in [0.5, 0.6) is 0 Å². The van der Waals surface area contributed by atoms with Crippen molar-refractivity contribution < 1.29 is 14.4 Å². The van der Waals surface area contributed by atoms with Crippen LogP contribution in [-0.4, -0.2) is 35.1 Å². The summed E-state index contributed by atoms with van der Waals surface area (Å²) in [7, 11) is 0. The average Bonchev–Trinajstić information content (AvgIpc) is 2.87. The highest BCUT2D eigenvalue weighted by molar-refractivity contribution is 6.43. The number of carbonyl (C=O) groups is 3. The summed E-state index contributed by atoms with van der Waals surface area (Å²) in [6, 6.07) is 7.66. The highest BCUT2D eigenvalue weighted by Gasteiger charge is 2.35. The molecule has 5 heteroatoms. The molecule has 5 nitrogen and oxygen atoms in total. The van der Waals surface area contributed by atoms with Gasteiger partial charge in [-0.1, -0.05) is 30.3 Å².